The molecule has 0 saturated heterocycles. The first-order valence-corrected chi connectivity index (χ1v) is 7.61. The van der Waals surface area contributed by atoms with E-state index in [0.29, 0.717) is 0 Å². The van der Waals surface area contributed by atoms with Crippen LogP contribution in [0.25, 0.3) is 0 Å². The molecule has 0 aliphatic carbocycles. The molecular formula is C15H20FN3S. The minimum absolute atomic E-state index is 0.139. The average molecular weight is 293 g/mol. The summed E-state index contributed by atoms with van der Waals surface area (Å²) in [5.41, 5.74) is 6.82. The highest BCUT2D eigenvalue weighted by Crippen LogP contribution is 2.13. The third-order valence-corrected chi connectivity index (χ3v) is 4.21. The van der Waals surface area contributed by atoms with Gasteiger partial charge in [0, 0.05) is 17.5 Å². The van der Waals surface area contributed by atoms with Gasteiger partial charge in [0.1, 0.15) is 5.82 Å². The van der Waals surface area contributed by atoms with Crippen LogP contribution in [0, 0.1) is 5.82 Å². The molecule has 5 heteroatoms. The molecule has 0 fully saturated rings. The quantitative estimate of drug-likeness (QED) is 0.853. The van der Waals surface area contributed by atoms with Gasteiger partial charge in [0.25, 0.3) is 0 Å². The highest BCUT2D eigenvalue weighted by Gasteiger charge is 2.09. The van der Waals surface area contributed by atoms with E-state index in [9.17, 15) is 4.39 Å². The van der Waals surface area contributed by atoms with Crippen molar-refractivity contribution in [2.75, 3.05) is 20.1 Å². The summed E-state index contributed by atoms with van der Waals surface area (Å²) in [6, 6.07) is 7.16. The van der Waals surface area contributed by atoms with E-state index in [1.807, 2.05) is 0 Å². The van der Waals surface area contributed by atoms with E-state index >= 15 is 0 Å². The molecule has 108 valence electrons. The summed E-state index contributed by atoms with van der Waals surface area (Å²) in [6.45, 7) is 1.93. The molecule has 20 heavy (non-hydrogen) atoms. The molecule has 0 spiro atoms. The van der Waals surface area contributed by atoms with Crippen LogP contribution in [-0.4, -0.2) is 30.0 Å². The Bertz CT molecular complexity index is 498. The Balaban J connectivity index is 1.72. The molecule has 0 radical (unpaired) electrons. The van der Waals surface area contributed by atoms with Crippen molar-refractivity contribution in [1.29, 1.82) is 0 Å². The van der Waals surface area contributed by atoms with Crippen molar-refractivity contribution in [1.82, 2.24) is 9.88 Å². The van der Waals surface area contributed by atoms with Crippen molar-refractivity contribution in [2.45, 2.75) is 18.9 Å². The maximum Gasteiger partial charge on any atom is 0.141 e. The molecule has 2 heterocycles. The van der Waals surface area contributed by atoms with Gasteiger partial charge in [-0.2, -0.15) is 0 Å². The van der Waals surface area contributed by atoms with Crippen molar-refractivity contribution >= 4 is 11.3 Å². The normalized spacial score (nSPS) is 12.8. The van der Waals surface area contributed by atoms with E-state index in [1.54, 1.807) is 17.4 Å². The van der Waals surface area contributed by atoms with E-state index in [0.717, 1.165) is 31.6 Å². The van der Waals surface area contributed by atoms with E-state index in [-0.39, 0.29) is 11.9 Å². The monoisotopic (exact) mass is 293 g/mol. The smallest absolute Gasteiger partial charge is 0.141 e. The SMILES string of the molecule is CN(CCc1cccs1)CCC(N)c1ccc(F)cn1. The molecule has 2 N–H and O–H groups in total. The number of likely N-dealkylation sites (N-methyl/N-ethyl adjacent to an activating group) is 1. The van der Waals surface area contributed by atoms with E-state index in [4.69, 9.17) is 5.73 Å². The van der Waals surface area contributed by atoms with Crippen molar-refractivity contribution in [3.05, 3.63) is 52.2 Å². The van der Waals surface area contributed by atoms with Crippen LogP contribution in [0.5, 0.6) is 0 Å². The largest absolute Gasteiger partial charge is 0.323 e. The molecule has 1 atom stereocenters. The van der Waals surface area contributed by atoms with Gasteiger partial charge in [-0.05, 0) is 50.0 Å². The van der Waals surface area contributed by atoms with Crippen LogP contribution in [0.15, 0.2) is 35.8 Å². The Morgan fingerprint density at radius 3 is 2.85 bits per heavy atom. The standard InChI is InChI=1S/C15H20FN3S/c1-19(8-6-13-3-2-10-20-13)9-7-14(17)15-5-4-12(16)11-18-15/h2-5,10-11,14H,6-9,17H2,1H3. The van der Waals surface area contributed by atoms with Crippen LogP contribution in [0.2, 0.25) is 0 Å². The van der Waals surface area contributed by atoms with Crippen LogP contribution in [0.4, 0.5) is 4.39 Å². The summed E-state index contributed by atoms with van der Waals surface area (Å²) in [5, 5.41) is 2.10. The Morgan fingerprint density at radius 2 is 2.20 bits per heavy atom. The minimum Gasteiger partial charge on any atom is -0.323 e. The highest BCUT2D eigenvalue weighted by molar-refractivity contribution is 7.09. The second-order valence-electron chi connectivity index (χ2n) is 4.93. The lowest BCUT2D eigenvalue weighted by Crippen LogP contribution is -2.26. The zero-order valence-electron chi connectivity index (χ0n) is 11.6. The number of nitrogens with zero attached hydrogens (tertiary/aromatic N) is 2. The summed E-state index contributed by atoms with van der Waals surface area (Å²) in [4.78, 5) is 7.70. The third kappa shape index (κ3) is 4.67. The molecule has 3 nitrogen and oxygen atoms in total. The topological polar surface area (TPSA) is 42.1 Å². The van der Waals surface area contributed by atoms with Crippen molar-refractivity contribution in [2.24, 2.45) is 5.73 Å². The van der Waals surface area contributed by atoms with Crippen LogP contribution < -0.4 is 5.73 Å². The van der Waals surface area contributed by atoms with Crippen molar-refractivity contribution in [3.8, 4) is 0 Å². The van der Waals surface area contributed by atoms with Gasteiger partial charge in [0.05, 0.1) is 11.9 Å². The maximum atomic E-state index is 12.8. The van der Waals surface area contributed by atoms with E-state index in [2.05, 4.69) is 34.4 Å². The molecule has 0 amide bonds. The van der Waals surface area contributed by atoms with Crippen molar-refractivity contribution in [3.63, 3.8) is 0 Å². The molecule has 0 aliphatic rings. The molecule has 0 aliphatic heterocycles. The lowest BCUT2D eigenvalue weighted by Gasteiger charge is -2.18. The number of nitrogens with two attached hydrogens (primary N) is 1. The van der Waals surface area contributed by atoms with Gasteiger partial charge in [-0.1, -0.05) is 6.07 Å². The van der Waals surface area contributed by atoms with Crippen LogP contribution in [0.3, 0.4) is 0 Å². The third-order valence-electron chi connectivity index (χ3n) is 3.27. The second-order valence-corrected chi connectivity index (χ2v) is 5.96. The first-order valence-electron chi connectivity index (χ1n) is 6.73. The van der Waals surface area contributed by atoms with Crippen LogP contribution in [0.1, 0.15) is 23.0 Å². The Hall–Kier alpha value is -1.30. The van der Waals surface area contributed by atoms with E-state index < -0.39 is 0 Å². The first-order chi connectivity index (χ1) is 9.65. The molecule has 2 rings (SSSR count). The predicted octanol–water partition coefficient (Wildman–Crippen LogP) is 2.85. The Kier molecular flexibility index (Phi) is 5.64. The molecule has 2 aromatic rings. The Labute approximate surface area is 123 Å². The van der Waals surface area contributed by atoms with Gasteiger partial charge in [-0.3, -0.25) is 4.98 Å². The summed E-state index contributed by atoms with van der Waals surface area (Å²) >= 11 is 1.79. The number of rotatable bonds is 7. The van der Waals surface area contributed by atoms with Gasteiger partial charge in [-0.15, -0.1) is 11.3 Å². The number of hydrogen-bond donors (Lipinski definition) is 1. The van der Waals surface area contributed by atoms with Gasteiger partial charge < -0.3 is 10.6 Å². The molecule has 0 aromatic carbocycles. The van der Waals surface area contributed by atoms with E-state index in [1.165, 1.54) is 17.1 Å². The van der Waals surface area contributed by atoms with Gasteiger partial charge >= 0.3 is 0 Å². The zero-order chi connectivity index (χ0) is 14.4. The number of hydrogen-bond acceptors (Lipinski definition) is 4. The number of pyridine rings is 1. The maximum absolute atomic E-state index is 12.8. The second kappa shape index (κ2) is 7.47. The predicted molar refractivity (Wildman–Crippen MR) is 81.3 cm³/mol. The molecule has 0 saturated carbocycles. The van der Waals surface area contributed by atoms with Crippen LogP contribution >= 0.6 is 11.3 Å². The van der Waals surface area contributed by atoms with Gasteiger partial charge in [0.15, 0.2) is 0 Å². The number of aromatic nitrogens is 1. The fraction of sp³-hybridized carbons (Fsp3) is 0.400. The summed E-state index contributed by atoms with van der Waals surface area (Å²) in [5.74, 6) is -0.325. The molecule has 2 aromatic heterocycles. The first kappa shape index (κ1) is 15.1. The summed E-state index contributed by atoms with van der Waals surface area (Å²) in [6.07, 6.45) is 3.10. The molecular weight excluding hydrogens is 273 g/mol. The fourth-order valence-electron chi connectivity index (χ4n) is 1.98. The minimum atomic E-state index is -0.325. The van der Waals surface area contributed by atoms with Crippen LogP contribution in [-0.2, 0) is 6.42 Å². The summed E-state index contributed by atoms with van der Waals surface area (Å²) < 4.78 is 12.8. The zero-order valence-corrected chi connectivity index (χ0v) is 12.4. The lowest BCUT2D eigenvalue weighted by atomic mass is 10.1. The fourth-order valence-corrected chi connectivity index (χ4v) is 2.68. The number of thiophene rings is 1. The van der Waals surface area contributed by atoms with Gasteiger partial charge in [0.2, 0.25) is 0 Å². The summed E-state index contributed by atoms with van der Waals surface area (Å²) in [7, 11) is 2.10. The van der Waals surface area contributed by atoms with Crippen molar-refractivity contribution < 1.29 is 4.39 Å². The Morgan fingerprint density at radius 1 is 1.35 bits per heavy atom. The average Bonchev–Trinajstić information content (AvgIpc) is 2.96. The van der Waals surface area contributed by atoms with Gasteiger partial charge in [-0.25, -0.2) is 4.39 Å². The molecule has 1 unspecified atom stereocenters. The number of halogens is 1. The lowest BCUT2D eigenvalue weighted by molar-refractivity contribution is 0.322. The molecule has 0 bridgehead atoms. The highest BCUT2D eigenvalue weighted by atomic mass is 32.1.